The minimum atomic E-state index is -1.21. The number of ether oxygens (including phenoxy) is 2. The number of nitrogens with zero attached hydrogens (tertiary/aromatic N) is 2. The van der Waals surface area contributed by atoms with Crippen LogP contribution in [0, 0.1) is 0 Å². The van der Waals surface area contributed by atoms with E-state index in [1.165, 1.54) is 12.3 Å². The van der Waals surface area contributed by atoms with Crippen molar-refractivity contribution in [3.8, 4) is 17.0 Å². The number of carboxylic acids is 1. The first kappa shape index (κ1) is 21.2. The zero-order valence-corrected chi connectivity index (χ0v) is 19.4. The predicted molar refractivity (Wildman–Crippen MR) is 123 cm³/mol. The van der Waals surface area contributed by atoms with Crippen LogP contribution in [0.3, 0.4) is 0 Å². The van der Waals surface area contributed by atoms with Gasteiger partial charge in [-0.3, -0.25) is 14.5 Å². The molecule has 8 heteroatoms. The quantitative estimate of drug-likeness (QED) is 0.354. The Balaban J connectivity index is 1.85. The number of methoxy groups -OCH3 is 1. The Morgan fingerprint density at radius 1 is 1.30 bits per heavy atom. The molecule has 30 heavy (non-hydrogen) atoms. The minimum Gasteiger partial charge on any atom is -0.493 e. The molecule has 1 aromatic heterocycles. The summed E-state index contributed by atoms with van der Waals surface area (Å²) in [6.07, 6.45) is 3.22. The number of alkyl halides is 1. The first-order valence-electron chi connectivity index (χ1n) is 9.94. The van der Waals surface area contributed by atoms with E-state index in [-0.39, 0.29) is 17.1 Å². The molecule has 0 amide bonds. The lowest BCUT2D eigenvalue weighted by atomic mass is 9.94. The summed E-state index contributed by atoms with van der Waals surface area (Å²) in [5.74, 6) is -0.420. The number of rotatable bonds is 6. The number of carbonyl (C=O) groups is 1. The van der Waals surface area contributed by atoms with Crippen LogP contribution < -0.4 is 15.2 Å². The van der Waals surface area contributed by atoms with E-state index in [2.05, 4.69) is 47.5 Å². The van der Waals surface area contributed by atoms with Crippen LogP contribution in [0.15, 0.2) is 35.3 Å². The van der Waals surface area contributed by atoms with Crippen molar-refractivity contribution in [2.75, 3.05) is 25.3 Å². The molecule has 1 aromatic carbocycles. The van der Waals surface area contributed by atoms with Gasteiger partial charge >= 0.3 is 5.97 Å². The van der Waals surface area contributed by atoms with E-state index in [0.29, 0.717) is 22.8 Å². The zero-order chi connectivity index (χ0) is 21.6. The van der Waals surface area contributed by atoms with Gasteiger partial charge < -0.3 is 14.6 Å². The van der Waals surface area contributed by atoms with Crippen LogP contribution in [0.25, 0.3) is 11.3 Å². The van der Waals surface area contributed by atoms with E-state index in [1.807, 2.05) is 16.8 Å². The van der Waals surface area contributed by atoms with E-state index in [0.717, 1.165) is 29.7 Å². The first-order valence-corrected chi connectivity index (χ1v) is 11.2. The van der Waals surface area contributed by atoms with Crippen LogP contribution >= 0.6 is 22.6 Å². The molecule has 0 bridgehead atoms. The Labute approximate surface area is 188 Å². The maximum atomic E-state index is 12.5. The van der Waals surface area contributed by atoms with Gasteiger partial charge in [0.25, 0.3) is 0 Å². The standard InChI is InChI=1S/C22H25IN2O5/c1-22(2)11-17(23)20-15-9-13(30-8-4-7-29-3)5-6-14(15)18-10-19(26)16(21(27)28)12-24(18)25(20)22/h5-6,9-10,12,17,20H,4,7-8,11H2,1-3H3,(H,27,28)/t17-,20?/m1/s1. The van der Waals surface area contributed by atoms with Gasteiger partial charge in [-0.1, -0.05) is 22.6 Å². The molecule has 2 atom stereocenters. The summed E-state index contributed by atoms with van der Waals surface area (Å²) in [7, 11) is 1.67. The SMILES string of the molecule is COCCCOc1ccc2c(c1)C1[C@H](I)CC(C)(C)N1n1cc(C(=O)O)c(=O)cc1-2. The summed E-state index contributed by atoms with van der Waals surface area (Å²) in [5.41, 5.74) is 1.84. The van der Waals surface area contributed by atoms with Crippen molar-refractivity contribution in [2.45, 2.75) is 42.2 Å². The summed E-state index contributed by atoms with van der Waals surface area (Å²) in [6.45, 7) is 5.51. The fraction of sp³-hybridized carbons (Fsp3) is 0.455. The number of carboxylic acid groups (broad SMARTS) is 1. The molecule has 0 radical (unpaired) electrons. The molecule has 1 unspecified atom stereocenters. The van der Waals surface area contributed by atoms with Crippen LogP contribution in [0.5, 0.6) is 5.75 Å². The second kappa shape index (κ2) is 7.88. The number of hydrogen-bond acceptors (Lipinski definition) is 5. The van der Waals surface area contributed by atoms with E-state index >= 15 is 0 Å². The summed E-state index contributed by atoms with van der Waals surface area (Å²) < 4.78 is 13.2. The molecule has 160 valence electrons. The third kappa shape index (κ3) is 3.49. The molecule has 0 spiro atoms. The highest BCUT2D eigenvalue weighted by molar-refractivity contribution is 14.1. The van der Waals surface area contributed by atoms with Gasteiger partial charge in [-0.2, -0.15) is 0 Å². The maximum Gasteiger partial charge on any atom is 0.341 e. The number of pyridine rings is 1. The second-order valence-electron chi connectivity index (χ2n) is 8.35. The van der Waals surface area contributed by atoms with E-state index in [1.54, 1.807) is 7.11 Å². The number of halogens is 1. The van der Waals surface area contributed by atoms with Gasteiger partial charge in [0, 0.05) is 41.9 Å². The Hall–Kier alpha value is -2.07. The molecule has 0 saturated carbocycles. The molecule has 1 fully saturated rings. The highest BCUT2D eigenvalue weighted by Crippen LogP contribution is 2.51. The Kier molecular flexibility index (Phi) is 5.56. The van der Waals surface area contributed by atoms with Gasteiger partial charge in [-0.25, -0.2) is 4.79 Å². The zero-order valence-electron chi connectivity index (χ0n) is 17.2. The van der Waals surface area contributed by atoms with Crippen molar-refractivity contribution in [2.24, 2.45) is 0 Å². The third-order valence-electron chi connectivity index (χ3n) is 5.79. The van der Waals surface area contributed by atoms with Crippen molar-refractivity contribution in [3.63, 3.8) is 0 Å². The highest BCUT2D eigenvalue weighted by Gasteiger charge is 2.49. The molecule has 1 N–H and O–H groups in total. The smallest absolute Gasteiger partial charge is 0.341 e. The molecule has 0 aliphatic carbocycles. The van der Waals surface area contributed by atoms with E-state index in [9.17, 15) is 14.7 Å². The van der Waals surface area contributed by atoms with Gasteiger partial charge in [-0.15, -0.1) is 0 Å². The number of hydrogen-bond donors (Lipinski definition) is 1. The van der Waals surface area contributed by atoms with Crippen LogP contribution in [-0.4, -0.2) is 45.5 Å². The lowest BCUT2D eigenvalue weighted by Gasteiger charge is -2.44. The summed E-state index contributed by atoms with van der Waals surface area (Å²) in [4.78, 5) is 24.1. The molecule has 3 heterocycles. The Morgan fingerprint density at radius 3 is 2.77 bits per heavy atom. The molecule has 7 nitrogen and oxygen atoms in total. The lowest BCUT2D eigenvalue weighted by Crippen LogP contribution is -2.50. The van der Waals surface area contributed by atoms with Crippen LogP contribution in [0.4, 0.5) is 0 Å². The molecule has 1 saturated heterocycles. The Bertz CT molecular complexity index is 1050. The van der Waals surface area contributed by atoms with Gasteiger partial charge in [0.05, 0.1) is 23.9 Å². The van der Waals surface area contributed by atoms with Gasteiger partial charge in [-0.05, 0) is 44.0 Å². The molecule has 4 rings (SSSR count). The number of benzene rings is 1. The number of aromatic carboxylic acids is 1. The van der Waals surface area contributed by atoms with Gasteiger partial charge in [0.1, 0.15) is 11.3 Å². The fourth-order valence-electron chi connectivity index (χ4n) is 4.53. The molecular weight excluding hydrogens is 499 g/mol. The molecular formula is C22H25IN2O5. The summed E-state index contributed by atoms with van der Waals surface area (Å²) >= 11 is 2.48. The fourth-order valence-corrected chi connectivity index (χ4v) is 6.30. The van der Waals surface area contributed by atoms with E-state index < -0.39 is 11.4 Å². The largest absolute Gasteiger partial charge is 0.493 e. The average Bonchev–Trinajstić information content (AvgIpc) is 2.93. The highest BCUT2D eigenvalue weighted by atomic mass is 127. The minimum absolute atomic E-state index is 0.0507. The van der Waals surface area contributed by atoms with Gasteiger partial charge in [0.2, 0.25) is 0 Å². The van der Waals surface area contributed by atoms with Crippen molar-refractivity contribution in [1.29, 1.82) is 0 Å². The number of aromatic nitrogens is 1. The summed E-state index contributed by atoms with van der Waals surface area (Å²) in [6, 6.07) is 7.43. The normalized spacial score (nSPS) is 21.0. The van der Waals surface area contributed by atoms with Gasteiger partial charge in [0.15, 0.2) is 5.43 Å². The van der Waals surface area contributed by atoms with Crippen LogP contribution in [0.2, 0.25) is 0 Å². The Morgan fingerprint density at radius 2 is 2.07 bits per heavy atom. The average molecular weight is 524 g/mol. The molecule has 2 aliphatic rings. The van der Waals surface area contributed by atoms with Crippen molar-refractivity contribution in [3.05, 3.63) is 51.8 Å². The maximum absolute atomic E-state index is 12.5. The van der Waals surface area contributed by atoms with Crippen molar-refractivity contribution < 1.29 is 19.4 Å². The monoisotopic (exact) mass is 524 g/mol. The lowest BCUT2D eigenvalue weighted by molar-refractivity contribution is 0.0694. The number of fused-ring (bicyclic) bond motifs is 6. The predicted octanol–water partition coefficient (Wildman–Crippen LogP) is 3.61. The molecule has 2 aliphatic heterocycles. The van der Waals surface area contributed by atoms with Crippen LogP contribution in [0.1, 0.15) is 48.7 Å². The topological polar surface area (TPSA) is 81.0 Å². The molecule has 2 aromatic rings. The van der Waals surface area contributed by atoms with E-state index in [4.69, 9.17) is 9.47 Å². The van der Waals surface area contributed by atoms with Crippen LogP contribution in [-0.2, 0) is 4.74 Å². The van der Waals surface area contributed by atoms with Crippen molar-refractivity contribution in [1.82, 2.24) is 4.68 Å². The second-order valence-corrected chi connectivity index (χ2v) is 9.95. The van der Waals surface area contributed by atoms with Crippen molar-refractivity contribution >= 4 is 28.6 Å². The third-order valence-corrected chi connectivity index (χ3v) is 6.92. The summed E-state index contributed by atoms with van der Waals surface area (Å²) in [5, 5.41) is 11.7. The first-order chi connectivity index (χ1) is 14.2.